The van der Waals surface area contributed by atoms with Gasteiger partial charge in [-0.05, 0) is 74.0 Å². The second-order valence-electron chi connectivity index (χ2n) is 8.50. The first kappa shape index (κ1) is 15.9. The molecule has 0 bridgehead atoms. The molecule has 4 aliphatic rings. The average molecular weight is 335 g/mol. The molecule has 5 atom stereocenters. The number of carbonyl (C=O) groups is 1. The van der Waals surface area contributed by atoms with E-state index >= 15 is 0 Å². The van der Waals surface area contributed by atoms with Crippen molar-refractivity contribution < 1.29 is 9.18 Å². The van der Waals surface area contributed by atoms with Gasteiger partial charge in [-0.2, -0.15) is 12.6 Å². The molecule has 0 amide bonds. The zero-order valence-electron chi connectivity index (χ0n) is 14.0. The Bertz CT molecular complexity index is 594. The van der Waals surface area contributed by atoms with Crippen LogP contribution in [0.4, 0.5) is 4.39 Å². The summed E-state index contributed by atoms with van der Waals surface area (Å²) in [6, 6.07) is 0. The third-order valence-electron chi connectivity index (χ3n) is 7.88. The van der Waals surface area contributed by atoms with Crippen molar-refractivity contribution in [2.75, 3.05) is 5.75 Å². The molecule has 1 nitrogen and oxygen atoms in total. The standard InChI is InChI=1S/C20H27FOS/c1-19-8-7-17-15(16(19)4-5-18(19)22)3-2-14-10-13(11-21)6-9-20(14,17)12-23/h10-11,15-17,23H,2-9,12H2,1H3/b13-11-/t15-,16-,17-,19-,20+/m0/s1. The molecule has 0 aromatic rings. The molecule has 3 fully saturated rings. The Morgan fingerprint density at radius 3 is 2.78 bits per heavy atom. The maximum atomic E-state index is 13.0. The van der Waals surface area contributed by atoms with Crippen LogP contribution in [-0.4, -0.2) is 11.5 Å². The van der Waals surface area contributed by atoms with Gasteiger partial charge in [0, 0.05) is 17.3 Å². The predicted molar refractivity (Wildman–Crippen MR) is 94.1 cm³/mol. The van der Waals surface area contributed by atoms with E-state index in [9.17, 15) is 9.18 Å². The van der Waals surface area contributed by atoms with Crippen molar-refractivity contribution in [2.45, 2.75) is 58.3 Å². The fourth-order valence-corrected chi connectivity index (χ4v) is 7.16. The molecule has 0 N–H and O–H groups in total. The van der Waals surface area contributed by atoms with Crippen molar-refractivity contribution in [2.24, 2.45) is 28.6 Å². The van der Waals surface area contributed by atoms with Crippen molar-refractivity contribution in [1.82, 2.24) is 0 Å². The lowest BCUT2D eigenvalue weighted by molar-refractivity contribution is -0.132. The second-order valence-corrected chi connectivity index (χ2v) is 8.82. The molecule has 0 aromatic carbocycles. The second kappa shape index (κ2) is 5.47. The Hall–Kier alpha value is -0.570. The molecule has 0 aromatic heterocycles. The van der Waals surface area contributed by atoms with Crippen LogP contribution in [0.5, 0.6) is 0 Å². The van der Waals surface area contributed by atoms with Gasteiger partial charge in [0.05, 0.1) is 6.33 Å². The van der Waals surface area contributed by atoms with E-state index in [0.717, 1.165) is 62.6 Å². The molecule has 0 unspecified atom stereocenters. The summed E-state index contributed by atoms with van der Waals surface area (Å²) >= 11 is 4.77. The zero-order chi connectivity index (χ0) is 16.2. The molecule has 126 valence electrons. The van der Waals surface area contributed by atoms with Crippen LogP contribution in [0.1, 0.15) is 58.3 Å². The molecule has 0 spiro atoms. The summed E-state index contributed by atoms with van der Waals surface area (Å²) in [5.74, 6) is 3.26. The normalized spacial score (nSPS) is 47.8. The highest BCUT2D eigenvalue weighted by Gasteiger charge is 2.59. The van der Waals surface area contributed by atoms with E-state index in [1.807, 2.05) is 0 Å². The van der Waals surface area contributed by atoms with Gasteiger partial charge >= 0.3 is 0 Å². The number of ketones is 1. The molecule has 3 saturated carbocycles. The monoisotopic (exact) mass is 334 g/mol. The molecule has 4 rings (SSSR count). The summed E-state index contributed by atoms with van der Waals surface area (Å²) in [4.78, 5) is 12.4. The van der Waals surface area contributed by atoms with Gasteiger partial charge in [0.25, 0.3) is 0 Å². The summed E-state index contributed by atoms with van der Waals surface area (Å²) < 4.78 is 13.0. The van der Waals surface area contributed by atoms with Crippen LogP contribution >= 0.6 is 12.6 Å². The SMILES string of the molecule is C[C@]12CC[C@H]3[C@@H](CCC4=C/C(=C\F)CC[C@@]43CS)[C@@H]1CCC2=O. The summed E-state index contributed by atoms with van der Waals surface area (Å²) in [6.45, 7) is 2.23. The van der Waals surface area contributed by atoms with Crippen LogP contribution in [0.3, 0.4) is 0 Å². The quantitative estimate of drug-likeness (QED) is 0.645. The smallest absolute Gasteiger partial charge is 0.139 e. The highest BCUT2D eigenvalue weighted by molar-refractivity contribution is 7.80. The maximum Gasteiger partial charge on any atom is 0.139 e. The molecule has 0 heterocycles. The summed E-state index contributed by atoms with van der Waals surface area (Å²) in [5, 5.41) is 0. The number of hydrogen-bond donors (Lipinski definition) is 1. The van der Waals surface area contributed by atoms with Gasteiger partial charge in [0.2, 0.25) is 0 Å². The van der Waals surface area contributed by atoms with Gasteiger partial charge in [0.1, 0.15) is 5.78 Å². The number of carbonyl (C=O) groups excluding carboxylic acids is 1. The minimum Gasteiger partial charge on any atom is -0.299 e. The first-order chi connectivity index (χ1) is 11.0. The highest BCUT2D eigenvalue weighted by Crippen LogP contribution is 2.65. The Morgan fingerprint density at radius 2 is 2.04 bits per heavy atom. The van der Waals surface area contributed by atoms with E-state index < -0.39 is 0 Å². The zero-order valence-corrected chi connectivity index (χ0v) is 14.9. The summed E-state index contributed by atoms with van der Waals surface area (Å²) in [7, 11) is 0. The van der Waals surface area contributed by atoms with E-state index in [1.54, 1.807) is 0 Å². The van der Waals surface area contributed by atoms with Crippen LogP contribution in [0, 0.1) is 28.6 Å². The number of allylic oxidation sites excluding steroid dienone is 3. The predicted octanol–water partition coefficient (Wildman–Crippen LogP) is 5.28. The molecule has 4 aliphatic carbocycles. The minimum atomic E-state index is -0.0567. The molecule has 3 heteroatoms. The molecular weight excluding hydrogens is 307 g/mol. The largest absolute Gasteiger partial charge is 0.299 e. The van der Waals surface area contributed by atoms with Crippen molar-refractivity contribution in [3.8, 4) is 0 Å². The molecule has 23 heavy (non-hydrogen) atoms. The van der Waals surface area contributed by atoms with E-state index in [4.69, 9.17) is 12.6 Å². The van der Waals surface area contributed by atoms with Gasteiger partial charge in [-0.25, -0.2) is 4.39 Å². The minimum absolute atomic E-state index is 0.0567. The van der Waals surface area contributed by atoms with E-state index in [0.29, 0.717) is 23.5 Å². The molecule has 0 aliphatic heterocycles. The lowest BCUT2D eigenvalue weighted by atomic mass is 9.47. The van der Waals surface area contributed by atoms with Crippen molar-refractivity contribution in [3.63, 3.8) is 0 Å². The van der Waals surface area contributed by atoms with Crippen LogP contribution in [0.25, 0.3) is 0 Å². The number of hydrogen-bond acceptors (Lipinski definition) is 2. The lowest BCUT2D eigenvalue weighted by Gasteiger charge is -2.58. The number of rotatable bonds is 1. The molecule has 0 radical (unpaired) electrons. The Balaban J connectivity index is 1.72. The lowest BCUT2D eigenvalue weighted by Crippen LogP contribution is -2.52. The Kier molecular flexibility index (Phi) is 3.79. The van der Waals surface area contributed by atoms with Crippen molar-refractivity contribution in [3.05, 3.63) is 23.6 Å². The average Bonchev–Trinajstić information content (AvgIpc) is 2.89. The topological polar surface area (TPSA) is 17.1 Å². The first-order valence-corrected chi connectivity index (χ1v) is 9.83. The fraction of sp³-hybridized carbons (Fsp3) is 0.750. The van der Waals surface area contributed by atoms with Crippen LogP contribution < -0.4 is 0 Å². The number of fused-ring (bicyclic) bond motifs is 5. The van der Waals surface area contributed by atoms with Gasteiger partial charge in [-0.15, -0.1) is 0 Å². The Morgan fingerprint density at radius 1 is 1.22 bits per heavy atom. The third-order valence-corrected chi connectivity index (χ3v) is 8.45. The maximum absolute atomic E-state index is 13.0. The van der Waals surface area contributed by atoms with E-state index in [-0.39, 0.29) is 10.8 Å². The number of halogens is 1. The fourth-order valence-electron chi connectivity index (χ4n) is 6.57. The highest BCUT2D eigenvalue weighted by atomic mass is 32.1. The van der Waals surface area contributed by atoms with Gasteiger partial charge < -0.3 is 0 Å². The van der Waals surface area contributed by atoms with Gasteiger partial charge in [-0.1, -0.05) is 18.6 Å². The van der Waals surface area contributed by atoms with Crippen LogP contribution in [0.15, 0.2) is 23.6 Å². The third kappa shape index (κ3) is 2.08. The molecular formula is C20H27FOS. The van der Waals surface area contributed by atoms with E-state index in [2.05, 4.69) is 13.0 Å². The van der Waals surface area contributed by atoms with Crippen molar-refractivity contribution in [1.29, 1.82) is 0 Å². The van der Waals surface area contributed by atoms with E-state index in [1.165, 1.54) is 12.0 Å². The van der Waals surface area contributed by atoms with Crippen molar-refractivity contribution >= 4 is 18.4 Å². The number of Topliss-reactive ketones (excluding diaryl/α,β-unsaturated/α-hetero) is 1. The Labute approximate surface area is 144 Å². The molecule has 0 saturated heterocycles. The van der Waals surface area contributed by atoms with Gasteiger partial charge in [0.15, 0.2) is 0 Å². The first-order valence-electron chi connectivity index (χ1n) is 9.19. The van der Waals surface area contributed by atoms with Crippen LogP contribution in [0.2, 0.25) is 0 Å². The van der Waals surface area contributed by atoms with Crippen LogP contribution in [-0.2, 0) is 4.79 Å². The number of thiol groups is 1. The summed E-state index contributed by atoms with van der Waals surface area (Å²) in [6.07, 6.45) is 11.1. The summed E-state index contributed by atoms with van der Waals surface area (Å²) in [5.41, 5.74) is 2.40. The van der Waals surface area contributed by atoms with Gasteiger partial charge in [-0.3, -0.25) is 4.79 Å².